The monoisotopic (exact) mass is 425 g/mol. The zero-order valence-electron chi connectivity index (χ0n) is 21.0. The highest BCUT2D eigenvalue weighted by atomic mass is 16.5. The van der Waals surface area contributed by atoms with Crippen LogP contribution in [-0.2, 0) is 9.53 Å². The molecule has 0 aliphatic rings. The van der Waals surface area contributed by atoms with Crippen molar-refractivity contribution in [3.8, 4) is 0 Å². The molecule has 180 valence electrons. The van der Waals surface area contributed by atoms with Gasteiger partial charge in [-0.05, 0) is 51.7 Å². The first kappa shape index (κ1) is 29.4. The summed E-state index contributed by atoms with van der Waals surface area (Å²) in [7, 11) is 0. The summed E-state index contributed by atoms with van der Waals surface area (Å²) in [5.74, 6) is 0.00967. The number of ether oxygens (including phenoxy) is 1. The summed E-state index contributed by atoms with van der Waals surface area (Å²) in [5.41, 5.74) is 0. The van der Waals surface area contributed by atoms with Crippen LogP contribution in [0.1, 0.15) is 143 Å². The molecule has 0 fully saturated rings. The number of esters is 1. The van der Waals surface area contributed by atoms with Crippen LogP contribution in [0.25, 0.3) is 0 Å². The zero-order chi connectivity index (χ0) is 22.1. The standard InChI is InChI=1S/C27H55NO2/c1-4-7-9-11-13-14-16-21-26-30-27(29)22-18-17-20-25-28(23-6-3)24-19-15-12-10-8-5-2/h4-26H2,1-3H3. The van der Waals surface area contributed by atoms with Gasteiger partial charge in [-0.3, -0.25) is 4.79 Å². The maximum absolute atomic E-state index is 11.9. The van der Waals surface area contributed by atoms with E-state index in [1.165, 1.54) is 116 Å². The van der Waals surface area contributed by atoms with E-state index >= 15 is 0 Å². The molecule has 0 aliphatic heterocycles. The van der Waals surface area contributed by atoms with E-state index in [9.17, 15) is 4.79 Å². The Labute approximate surface area is 189 Å². The highest BCUT2D eigenvalue weighted by Crippen LogP contribution is 2.10. The average molecular weight is 426 g/mol. The van der Waals surface area contributed by atoms with Gasteiger partial charge < -0.3 is 9.64 Å². The minimum absolute atomic E-state index is 0.00967. The fourth-order valence-corrected chi connectivity index (χ4v) is 4.04. The van der Waals surface area contributed by atoms with Gasteiger partial charge in [0.15, 0.2) is 0 Å². The molecule has 3 heteroatoms. The normalized spacial score (nSPS) is 11.3. The van der Waals surface area contributed by atoms with Crippen molar-refractivity contribution in [1.29, 1.82) is 0 Å². The lowest BCUT2D eigenvalue weighted by atomic mass is 10.1. The molecule has 0 amide bonds. The van der Waals surface area contributed by atoms with Gasteiger partial charge >= 0.3 is 5.97 Å². The maximum Gasteiger partial charge on any atom is 0.305 e. The van der Waals surface area contributed by atoms with E-state index in [1.54, 1.807) is 0 Å². The topological polar surface area (TPSA) is 29.5 Å². The molecule has 0 aliphatic carbocycles. The van der Waals surface area contributed by atoms with E-state index in [2.05, 4.69) is 25.7 Å². The average Bonchev–Trinajstić information content (AvgIpc) is 2.74. The lowest BCUT2D eigenvalue weighted by Gasteiger charge is -2.21. The molecule has 0 spiro atoms. The molecule has 0 atom stereocenters. The van der Waals surface area contributed by atoms with Crippen LogP contribution in [-0.4, -0.2) is 37.1 Å². The summed E-state index contributed by atoms with van der Waals surface area (Å²) in [6.45, 7) is 11.1. The molecular formula is C27H55NO2. The molecule has 3 nitrogen and oxygen atoms in total. The maximum atomic E-state index is 11.9. The molecule has 0 saturated heterocycles. The van der Waals surface area contributed by atoms with Gasteiger partial charge in [-0.1, -0.05) is 104 Å². The third-order valence-electron chi connectivity index (χ3n) is 5.98. The number of unbranched alkanes of at least 4 members (excludes halogenated alkanes) is 14. The summed E-state index contributed by atoms with van der Waals surface area (Å²) in [6, 6.07) is 0. The van der Waals surface area contributed by atoms with Crippen LogP contribution >= 0.6 is 0 Å². The molecule has 0 N–H and O–H groups in total. The molecule has 0 heterocycles. The van der Waals surface area contributed by atoms with Crippen LogP contribution < -0.4 is 0 Å². The molecule has 30 heavy (non-hydrogen) atoms. The Morgan fingerprint density at radius 2 is 1.00 bits per heavy atom. The predicted molar refractivity (Wildman–Crippen MR) is 132 cm³/mol. The lowest BCUT2D eigenvalue weighted by Crippen LogP contribution is -2.27. The zero-order valence-corrected chi connectivity index (χ0v) is 21.0. The number of nitrogens with zero attached hydrogens (tertiary/aromatic N) is 1. The van der Waals surface area contributed by atoms with Crippen molar-refractivity contribution in [3.05, 3.63) is 0 Å². The Bertz CT molecular complexity index is 346. The fourth-order valence-electron chi connectivity index (χ4n) is 4.04. The van der Waals surface area contributed by atoms with Crippen LogP contribution in [0.15, 0.2) is 0 Å². The molecule has 0 aromatic heterocycles. The lowest BCUT2D eigenvalue weighted by molar-refractivity contribution is -0.143. The summed E-state index contributed by atoms with van der Waals surface area (Å²) in [4.78, 5) is 14.5. The number of hydrogen-bond donors (Lipinski definition) is 0. The van der Waals surface area contributed by atoms with E-state index in [4.69, 9.17) is 4.74 Å². The van der Waals surface area contributed by atoms with E-state index in [0.717, 1.165) is 19.3 Å². The smallest absolute Gasteiger partial charge is 0.305 e. The van der Waals surface area contributed by atoms with Crippen molar-refractivity contribution in [2.45, 2.75) is 143 Å². The minimum Gasteiger partial charge on any atom is -0.466 e. The first-order valence-corrected chi connectivity index (χ1v) is 13.6. The molecule has 0 radical (unpaired) electrons. The second-order valence-electron chi connectivity index (χ2n) is 9.12. The fraction of sp³-hybridized carbons (Fsp3) is 0.963. The first-order chi connectivity index (χ1) is 14.7. The van der Waals surface area contributed by atoms with Gasteiger partial charge in [0.2, 0.25) is 0 Å². The van der Waals surface area contributed by atoms with Gasteiger partial charge in [0.25, 0.3) is 0 Å². The van der Waals surface area contributed by atoms with Crippen LogP contribution in [0.5, 0.6) is 0 Å². The summed E-state index contributed by atoms with van der Waals surface area (Å²) in [5, 5.41) is 0. The highest BCUT2D eigenvalue weighted by Gasteiger charge is 2.06. The second-order valence-corrected chi connectivity index (χ2v) is 9.12. The van der Waals surface area contributed by atoms with Crippen LogP contribution in [0.4, 0.5) is 0 Å². The Balaban J connectivity index is 3.50. The van der Waals surface area contributed by atoms with Gasteiger partial charge in [-0.15, -0.1) is 0 Å². The molecule has 0 rings (SSSR count). The Hall–Kier alpha value is -0.570. The highest BCUT2D eigenvalue weighted by molar-refractivity contribution is 5.69. The minimum atomic E-state index is 0.00967. The van der Waals surface area contributed by atoms with Crippen molar-refractivity contribution in [1.82, 2.24) is 4.90 Å². The molecule has 0 aromatic carbocycles. The van der Waals surface area contributed by atoms with E-state index in [0.29, 0.717) is 13.0 Å². The summed E-state index contributed by atoms with van der Waals surface area (Å²) >= 11 is 0. The van der Waals surface area contributed by atoms with E-state index in [-0.39, 0.29) is 5.97 Å². The number of carbonyl (C=O) groups is 1. The molecule has 0 bridgehead atoms. The number of rotatable bonds is 24. The summed E-state index contributed by atoms with van der Waals surface area (Å²) < 4.78 is 5.40. The van der Waals surface area contributed by atoms with Gasteiger partial charge in [-0.2, -0.15) is 0 Å². The van der Waals surface area contributed by atoms with Crippen LogP contribution in [0, 0.1) is 0 Å². The van der Waals surface area contributed by atoms with Crippen LogP contribution in [0.2, 0.25) is 0 Å². The quantitative estimate of drug-likeness (QED) is 0.115. The van der Waals surface area contributed by atoms with Crippen LogP contribution in [0.3, 0.4) is 0 Å². The van der Waals surface area contributed by atoms with Crippen molar-refractivity contribution < 1.29 is 9.53 Å². The SMILES string of the molecule is CCCCCCCCCCOC(=O)CCCCCN(CCC)CCCCCCCC. The number of carbonyl (C=O) groups excluding carboxylic acids is 1. The molecule has 0 aromatic rings. The largest absolute Gasteiger partial charge is 0.466 e. The van der Waals surface area contributed by atoms with Gasteiger partial charge in [0.05, 0.1) is 6.61 Å². The van der Waals surface area contributed by atoms with Gasteiger partial charge in [0, 0.05) is 6.42 Å². The predicted octanol–water partition coefficient (Wildman–Crippen LogP) is 8.30. The molecule has 0 saturated carbocycles. The second kappa shape index (κ2) is 24.7. The van der Waals surface area contributed by atoms with Gasteiger partial charge in [0.1, 0.15) is 0 Å². The Morgan fingerprint density at radius 1 is 0.533 bits per heavy atom. The summed E-state index contributed by atoms with van der Waals surface area (Å²) in [6.07, 6.45) is 23.7. The van der Waals surface area contributed by atoms with E-state index in [1.807, 2.05) is 0 Å². The Morgan fingerprint density at radius 3 is 1.53 bits per heavy atom. The van der Waals surface area contributed by atoms with Crippen molar-refractivity contribution in [3.63, 3.8) is 0 Å². The van der Waals surface area contributed by atoms with Crippen molar-refractivity contribution >= 4 is 5.97 Å². The first-order valence-electron chi connectivity index (χ1n) is 13.6. The molecule has 0 unspecified atom stereocenters. The third-order valence-corrected chi connectivity index (χ3v) is 5.98. The molecular weight excluding hydrogens is 370 g/mol. The third kappa shape index (κ3) is 22.1. The Kier molecular flexibility index (Phi) is 24.2. The van der Waals surface area contributed by atoms with Crippen molar-refractivity contribution in [2.75, 3.05) is 26.2 Å². The van der Waals surface area contributed by atoms with Gasteiger partial charge in [-0.25, -0.2) is 0 Å². The number of hydrogen-bond acceptors (Lipinski definition) is 3. The van der Waals surface area contributed by atoms with E-state index < -0.39 is 0 Å². The van der Waals surface area contributed by atoms with Crippen molar-refractivity contribution in [2.24, 2.45) is 0 Å².